The fraction of sp³-hybridized carbons (Fsp3) is 0.800. The third kappa shape index (κ3) is 4.35. The summed E-state index contributed by atoms with van der Waals surface area (Å²) in [6.45, 7) is 13.0. The Kier molecular flexibility index (Phi) is 5.18. The first-order valence-corrected chi connectivity index (χ1v) is 13.9. The van der Waals surface area contributed by atoms with Gasteiger partial charge >= 0.3 is 6.01 Å². The fourth-order valence-electron chi connectivity index (χ4n) is 4.41. The number of nitrogens with one attached hydrogen (secondary N) is 1. The molecule has 1 atom stereocenters. The predicted octanol–water partition coefficient (Wildman–Crippen LogP) is 2.44. The molecule has 8 heteroatoms. The van der Waals surface area contributed by atoms with E-state index in [4.69, 9.17) is 14.1 Å². The third-order valence-corrected chi connectivity index (χ3v) is 7.06. The summed E-state index contributed by atoms with van der Waals surface area (Å²) in [7, 11) is -1.63. The van der Waals surface area contributed by atoms with Gasteiger partial charge < -0.3 is 24.5 Å². The third-order valence-electron chi connectivity index (χ3n) is 5.96. The number of nitrogens with zero attached hydrogens (tertiary/aromatic N) is 3. The van der Waals surface area contributed by atoms with E-state index >= 15 is 0 Å². The van der Waals surface area contributed by atoms with Crippen molar-refractivity contribution >= 4 is 14.1 Å². The minimum Gasteiger partial charge on any atom is -0.463 e. The zero-order valence-electron chi connectivity index (χ0n) is 17.7. The summed E-state index contributed by atoms with van der Waals surface area (Å²) in [4.78, 5) is 11.8. The van der Waals surface area contributed by atoms with Crippen molar-refractivity contribution in [2.75, 3.05) is 31.2 Å². The quantitative estimate of drug-likeness (QED) is 0.673. The Morgan fingerprint density at radius 2 is 1.96 bits per heavy atom. The van der Waals surface area contributed by atoms with E-state index in [9.17, 15) is 5.11 Å². The largest absolute Gasteiger partial charge is 0.463 e. The Hall–Kier alpha value is -1.22. The number of hydrogen-bond donors (Lipinski definition) is 2. The minimum absolute atomic E-state index is 0.0737. The van der Waals surface area contributed by atoms with Crippen LogP contribution < -0.4 is 15.0 Å². The number of aliphatic hydroxyl groups is 1. The molecule has 3 heterocycles. The van der Waals surface area contributed by atoms with Gasteiger partial charge in [-0.25, -0.2) is 0 Å². The van der Waals surface area contributed by atoms with Crippen LogP contribution in [-0.2, 0) is 17.5 Å². The molecule has 0 bridgehead atoms. The van der Waals surface area contributed by atoms with Crippen LogP contribution in [0, 0.1) is 5.41 Å². The van der Waals surface area contributed by atoms with Gasteiger partial charge in [0.1, 0.15) is 5.82 Å². The van der Waals surface area contributed by atoms with Crippen LogP contribution in [0.1, 0.15) is 43.9 Å². The Labute approximate surface area is 169 Å². The number of fused-ring (bicyclic) bond motifs is 1. The molecule has 156 valence electrons. The van der Waals surface area contributed by atoms with Crippen LogP contribution in [0.3, 0.4) is 0 Å². The summed E-state index contributed by atoms with van der Waals surface area (Å²) in [5, 5.41) is 12.9. The summed E-state index contributed by atoms with van der Waals surface area (Å²) in [5.74, 6) is 0.990. The summed E-state index contributed by atoms with van der Waals surface area (Å²) >= 11 is 0. The van der Waals surface area contributed by atoms with Crippen LogP contribution in [0.4, 0.5) is 5.82 Å². The first kappa shape index (κ1) is 20.1. The van der Waals surface area contributed by atoms with Crippen molar-refractivity contribution in [1.82, 2.24) is 15.3 Å². The summed E-state index contributed by atoms with van der Waals surface area (Å²) < 4.78 is 12.5. The number of piperidine rings is 1. The molecule has 1 saturated carbocycles. The van der Waals surface area contributed by atoms with Crippen LogP contribution in [-0.4, -0.2) is 55.3 Å². The zero-order valence-corrected chi connectivity index (χ0v) is 18.7. The normalized spacial score (nSPS) is 26.2. The van der Waals surface area contributed by atoms with Crippen molar-refractivity contribution in [2.24, 2.45) is 5.41 Å². The lowest BCUT2D eigenvalue weighted by Crippen LogP contribution is -2.52. The molecule has 28 heavy (non-hydrogen) atoms. The molecule has 0 amide bonds. The van der Waals surface area contributed by atoms with Crippen LogP contribution in [0.2, 0.25) is 19.6 Å². The van der Waals surface area contributed by atoms with Crippen molar-refractivity contribution in [2.45, 2.75) is 70.9 Å². The van der Waals surface area contributed by atoms with E-state index in [0.717, 1.165) is 63.4 Å². The number of hydrogen-bond acceptors (Lipinski definition) is 7. The van der Waals surface area contributed by atoms with Crippen LogP contribution in [0.25, 0.3) is 0 Å². The molecule has 1 aliphatic carbocycles. The van der Waals surface area contributed by atoms with E-state index in [2.05, 4.69) is 41.8 Å². The molecule has 1 aromatic heterocycles. The summed E-state index contributed by atoms with van der Waals surface area (Å²) in [6.07, 6.45) is 4.21. The summed E-state index contributed by atoms with van der Waals surface area (Å²) in [6, 6.07) is 0.440. The van der Waals surface area contributed by atoms with E-state index in [1.54, 1.807) is 0 Å². The maximum atomic E-state index is 9.55. The molecule has 2 fully saturated rings. The van der Waals surface area contributed by atoms with Gasteiger partial charge in [-0.2, -0.15) is 9.97 Å². The maximum absolute atomic E-state index is 9.55. The highest BCUT2D eigenvalue weighted by atomic mass is 28.4. The number of aromatic nitrogens is 2. The average Bonchev–Trinajstić information content (AvgIpc) is 3.25. The standard InChI is InChI=1S/C20H34N4O3Si/c1-19(27-28(2,3)4)6-5-9-24(12-19)17-15-10-21-11-16(15)22-18(23-17)26-14-20(13-25)7-8-20/h21,25H,5-14H2,1-4H3/t19-/m1/s1. The van der Waals surface area contributed by atoms with Crippen molar-refractivity contribution in [1.29, 1.82) is 0 Å². The first-order valence-electron chi connectivity index (χ1n) is 10.5. The molecule has 0 radical (unpaired) electrons. The average molecular weight is 407 g/mol. The van der Waals surface area contributed by atoms with Gasteiger partial charge in [-0.15, -0.1) is 0 Å². The molecule has 0 spiro atoms. The number of ether oxygens (including phenoxy) is 1. The molecule has 4 rings (SSSR count). The molecule has 2 aliphatic heterocycles. The van der Waals surface area contributed by atoms with Gasteiger partial charge in [-0.3, -0.25) is 0 Å². The molecule has 1 aromatic rings. The summed E-state index contributed by atoms with van der Waals surface area (Å²) in [5.41, 5.74) is 2.01. The van der Waals surface area contributed by atoms with E-state index in [-0.39, 0.29) is 17.6 Å². The fourth-order valence-corrected chi connectivity index (χ4v) is 6.05. The van der Waals surface area contributed by atoms with Crippen molar-refractivity contribution in [3.05, 3.63) is 11.3 Å². The SMILES string of the molecule is C[C@@]1(O[Si](C)(C)C)CCCN(c2nc(OCC3(CO)CC3)nc3c2CNC3)C1. The lowest BCUT2D eigenvalue weighted by Gasteiger charge is -2.44. The monoisotopic (exact) mass is 406 g/mol. The smallest absolute Gasteiger partial charge is 0.318 e. The Morgan fingerprint density at radius 3 is 2.64 bits per heavy atom. The molecular weight excluding hydrogens is 372 g/mol. The van der Waals surface area contributed by atoms with Gasteiger partial charge in [-0.1, -0.05) is 0 Å². The Balaban J connectivity index is 1.56. The van der Waals surface area contributed by atoms with E-state index < -0.39 is 8.32 Å². The highest BCUT2D eigenvalue weighted by Crippen LogP contribution is 2.45. The highest BCUT2D eigenvalue weighted by Gasteiger charge is 2.43. The van der Waals surface area contributed by atoms with E-state index in [1.165, 1.54) is 5.56 Å². The second-order valence-electron chi connectivity index (χ2n) is 9.99. The topological polar surface area (TPSA) is 79.7 Å². The molecule has 3 aliphatic rings. The van der Waals surface area contributed by atoms with Crippen molar-refractivity contribution in [3.8, 4) is 6.01 Å². The highest BCUT2D eigenvalue weighted by molar-refractivity contribution is 6.69. The van der Waals surface area contributed by atoms with Gasteiger partial charge in [-0.05, 0) is 52.2 Å². The molecule has 0 aromatic carbocycles. The second-order valence-corrected chi connectivity index (χ2v) is 14.4. The molecule has 2 N–H and O–H groups in total. The zero-order chi connectivity index (χ0) is 20.0. The van der Waals surface area contributed by atoms with Gasteiger partial charge in [0.15, 0.2) is 8.32 Å². The second kappa shape index (κ2) is 7.23. The maximum Gasteiger partial charge on any atom is 0.318 e. The predicted molar refractivity (Wildman–Crippen MR) is 111 cm³/mol. The van der Waals surface area contributed by atoms with Crippen LogP contribution >= 0.6 is 0 Å². The van der Waals surface area contributed by atoms with E-state index in [1.807, 2.05) is 0 Å². The number of aliphatic hydroxyl groups excluding tert-OH is 1. The van der Waals surface area contributed by atoms with Gasteiger partial charge in [0, 0.05) is 37.2 Å². The van der Waals surface area contributed by atoms with E-state index in [0.29, 0.717) is 12.6 Å². The molecular formula is C20H34N4O3Si. The first-order chi connectivity index (χ1) is 13.2. The molecule has 0 unspecified atom stereocenters. The minimum atomic E-state index is -1.63. The van der Waals surface area contributed by atoms with Gasteiger partial charge in [0.2, 0.25) is 0 Å². The van der Waals surface area contributed by atoms with Crippen LogP contribution in [0.5, 0.6) is 6.01 Å². The lowest BCUT2D eigenvalue weighted by molar-refractivity contribution is 0.0637. The number of anilines is 1. The van der Waals surface area contributed by atoms with Crippen molar-refractivity contribution in [3.63, 3.8) is 0 Å². The molecule has 1 saturated heterocycles. The lowest BCUT2D eigenvalue weighted by atomic mass is 9.95. The van der Waals surface area contributed by atoms with Crippen LogP contribution in [0.15, 0.2) is 0 Å². The molecule has 7 nitrogen and oxygen atoms in total. The Morgan fingerprint density at radius 1 is 1.18 bits per heavy atom. The van der Waals surface area contributed by atoms with Gasteiger partial charge in [0.05, 0.1) is 24.5 Å². The van der Waals surface area contributed by atoms with Crippen molar-refractivity contribution < 1.29 is 14.3 Å². The Bertz CT molecular complexity index is 735. The van der Waals surface area contributed by atoms with Gasteiger partial charge in [0.25, 0.3) is 0 Å². The number of rotatable bonds is 7.